The van der Waals surface area contributed by atoms with E-state index in [1.807, 2.05) is 25.9 Å². The summed E-state index contributed by atoms with van der Waals surface area (Å²) < 4.78 is 34.8. The van der Waals surface area contributed by atoms with Gasteiger partial charge in [0.05, 0.1) is 29.5 Å². The van der Waals surface area contributed by atoms with Crippen molar-refractivity contribution in [3.05, 3.63) is 11.2 Å². The molecule has 1 aromatic rings. The molecule has 2 heterocycles. The van der Waals surface area contributed by atoms with Crippen LogP contribution in [0.3, 0.4) is 0 Å². The van der Waals surface area contributed by atoms with E-state index in [0.717, 1.165) is 37.1 Å². The molecule has 1 aromatic heterocycles. The number of nitrogens with zero attached hydrogens (tertiary/aromatic N) is 3. The van der Waals surface area contributed by atoms with Gasteiger partial charge in [0.1, 0.15) is 0 Å². The van der Waals surface area contributed by atoms with Crippen molar-refractivity contribution in [2.45, 2.75) is 54.9 Å². The van der Waals surface area contributed by atoms with Crippen LogP contribution in [0.25, 0.3) is 0 Å². The van der Waals surface area contributed by atoms with Crippen LogP contribution in [0.5, 0.6) is 0 Å². The predicted molar refractivity (Wildman–Crippen MR) is 94.9 cm³/mol. The molecule has 3 rings (SSSR count). The fraction of sp³-hybridized carbons (Fsp3) is 0.812. The molecule has 8 heteroatoms. The van der Waals surface area contributed by atoms with Crippen LogP contribution in [0, 0.1) is 0 Å². The van der Waals surface area contributed by atoms with Crippen LogP contribution in [0.1, 0.15) is 37.6 Å². The molecule has 0 aromatic carbocycles. The maximum absolute atomic E-state index is 13.3. The number of rotatable bonds is 5. The minimum absolute atomic E-state index is 0.150. The van der Waals surface area contributed by atoms with Gasteiger partial charge in [-0.05, 0) is 33.4 Å². The first-order valence-electron chi connectivity index (χ1n) is 8.61. The lowest BCUT2D eigenvalue weighted by Crippen LogP contribution is -2.59. The maximum atomic E-state index is 13.3. The molecule has 0 amide bonds. The van der Waals surface area contributed by atoms with Gasteiger partial charge in [0, 0.05) is 13.1 Å². The first-order chi connectivity index (χ1) is 11.4. The number of morpholine rings is 1. The van der Waals surface area contributed by atoms with E-state index in [2.05, 4.69) is 4.98 Å². The Morgan fingerprint density at radius 3 is 2.71 bits per heavy atom. The third-order valence-electron chi connectivity index (χ3n) is 4.92. The van der Waals surface area contributed by atoms with E-state index in [1.165, 1.54) is 17.5 Å². The van der Waals surface area contributed by atoms with Crippen LogP contribution in [0.2, 0.25) is 0 Å². The Hall–Kier alpha value is -0.540. The van der Waals surface area contributed by atoms with Crippen LogP contribution >= 0.6 is 11.3 Å². The SMILES string of the molecule is CCc1ncc(S(=O)(=O)N2CC3(CCCC3)OCC2CN(C)C)s1. The van der Waals surface area contributed by atoms with Crippen LogP contribution in [0.15, 0.2) is 10.4 Å². The number of likely N-dealkylation sites (N-methyl/N-ethyl adjacent to an activating group) is 1. The van der Waals surface area contributed by atoms with Crippen LogP contribution in [-0.2, 0) is 21.2 Å². The molecule has 1 saturated heterocycles. The summed E-state index contributed by atoms with van der Waals surface area (Å²) in [4.78, 5) is 6.26. The molecule has 2 fully saturated rings. The standard InChI is InChI=1S/C16H27N3O3S2/c1-4-14-17-9-15(23-14)24(20,21)19-12-16(7-5-6-8-16)22-11-13(19)10-18(2)3/h9,13H,4-8,10-12H2,1-3H3. The van der Waals surface area contributed by atoms with Crippen LogP contribution in [-0.4, -0.2) is 68.0 Å². The first kappa shape index (κ1) is 18.3. The average molecular weight is 374 g/mol. The first-order valence-corrected chi connectivity index (χ1v) is 10.9. The molecule has 1 aliphatic heterocycles. The fourth-order valence-corrected chi connectivity index (χ4v) is 6.60. The van der Waals surface area contributed by atoms with Crippen molar-refractivity contribution in [3.8, 4) is 0 Å². The molecule has 24 heavy (non-hydrogen) atoms. The summed E-state index contributed by atoms with van der Waals surface area (Å²) in [7, 11) is 0.403. The molecule has 1 atom stereocenters. The smallest absolute Gasteiger partial charge is 0.254 e. The third kappa shape index (κ3) is 3.53. The van der Waals surface area contributed by atoms with E-state index in [-0.39, 0.29) is 11.6 Å². The van der Waals surface area contributed by atoms with Crippen LogP contribution < -0.4 is 0 Å². The molecule has 0 N–H and O–H groups in total. The number of hydrogen-bond acceptors (Lipinski definition) is 6. The van der Waals surface area contributed by atoms with Gasteiger partial charge in [-0.1, -0.05) is 19.8 Å². The number of thiazole rings is 1. The van der Waals surface area contributed by atoms with Gasteiger partial charge in [-0.2, -0.15) is 4.31 Å². The molecule has 6 nitrogen and oxygen atoms in total. The highest BCUT2D eigenvalue weighted by Gasteiger charge is 2.47. The van der Waals surface area contributed by atoms with Crippen molar-refractivity contribution in [1.82, 2.24) is 14.2 Å². The van der Waals surface area contributed by atoms with Gasteiger partial charge >= 0.3 is 0 Å². The molecule has 1 saturated carbocycles. The molecular formula is C16H27N3O3S2. The molecule has 136 valence electrons. The molecule has 1 unspecified atom stereocenters. The van der Waals surface area contributed by atoms with Crippen molar-refractivity contribution in [1.29, 1.82) is 0 Å². The lowest BCUT2D eigenvalue weighted by atomic mass is 9.99. The van der Waals surface area contributed by atoms with E-state index in [1.54, 1.807) is 4.31 Å². The van der Waals surface area contributed by atoms with E-state index < -0.39 is 10.0 Å². The van der Waals surface area contributed by atoms with Crippen molar-refractivity contribution in [2.24, 2.45) is 0 Å². The molecule has 2 aliphatic rings. The average Bonchev–Trinajstić information content (AvgIpc) is 3.19. The largest absolute Gasteiger partial charge is 0.372 e. The minimum Gasteiger partial charge on any atom is -0.372 e. The molecular weight excluding hydrogens is 346 g/mol. The Morgan fingerprint density at radius 1 is 1.42 bits per heavy atom. The van der Waals surface area contributed by atoms with Gasteiger partial charge in [0.25, 0.3) is 10.0 Å². The van der Waals surface area contributed by atoms with Gasteiger partial charge in [-0.3, -0.25) is 0 Å². The summed E-state index contributed by atoms with van der Waals surface area (Å²) in [6.07, 6.45) is 6.42. The molecule has 0 radical (unpaired) electrons. The van der Waals surface area contributed by atoms with Crippen molar-refractivity contribution < 1.29 is 13.2 Å². The maximum Gasteiger partial charge on any atom is 0.254 e. The fourth-order valence-electron chi connectivity index (χ4n) is 3.67. The molecule has 1 spiro atoms. The highest BCUT2D eigenvalue weighted by Crippen LogP contribution is 2.39. The molecule has 1 aliphatic carbocycles. The van der Waals surface area contributed by atoms with Gasteiger partial charge in [-0.25, -0.2) is 13.4 Å². The number of ether oxygens (including phenoxy) is 1. The zero-order valence-corrected chi connectivity index (χ0v) is 16.3. The number of sulfonamides is 1. The Labute approximate surface area is 148 Å². The number of aromatic nitrogens is 1. The summed E-state index contributed by atoms with van der Waals surface area (Å²) in [5.74, 6) is 0. The summed E-state index contributed by atoms with van der Waals surface area (Å²) in [6, 6.07) is -0.150. The van der Waals surface area contributed by atoms with Crippen molar-refractivity contribution >= 4 is 21.4 Å². The lowest BCUT2D eigenvalue weighted by Gasteiger charge is -2.44. The van der Waals surface area contributed by atoms with Crippen molar-refractivity contribution in [3.63, 3.8) is 0 Å². The highest BCUT2D eigenvalue weighted by atomic mass is 32.2. The zero-order valence-electron chi connectivity index (χ0n) is 14.7. The van der Waals surface area contributed by atoms with Gasteiger partial charge in [0.15, 0.2) is 4.21 Å². The topological polar surface area (TPSA) is 62.7 Å². The summed E-state index contributed by atoms with van der Waals surface area (Å²) >= 11 is 1.29. The summed E-state index contributed by atoms with van der Waals surface area (Å²) in [6.45, 7) is 3.59. The monoisotopic (exact) mass is 373 g/mol. The second-order valence-corrected chi connectivity index (χ2v) is 10.3. The normalized spacial score (nSPS) is 24.9. The Balaban J connectivity index is 1.91. The van der Waals surface area contributed by atoms with Crippen molar-refractivity contribution in [2.75, 3.05) is 33.8 Å². The zero-order chi connectivity index (χ0) is 17.4. The number of aryl methyl sites for hydroxylation is 1. The van der Waals surface area contributed by atoms with E-state index in [0.29, 0.717) is 23.9 Å². The Morgan fingerprint density at radius 2 is 2.12 bits per heavy atom. The second-order valence-electron chi connectivity index (χ2n) is 7.09. The second kappa shape index (κ2) is 6.99. The van der Waals surface area contributed by atoms with E-state index in [9.17, 15) is 8.42 Å². The van der Waals surface area contributed by atoms with E-state index in [4.69, 9.17) is 4.74 Å². The minimum atomic E-state index is -3.53. The summed E-state index contributed by atoms with van der Waals surface area (Å²) in [5.41, 5.74) is -0.284. The van der Waals surface area contributed by atoms with Gasteiger partial charge < -0.3 is 9.64 Å². The highest BCUT2D eigenvalue weighted by molar-refractivity contribution is 7.91. The Bertz CT molecular complexity index is 666. The predicted octanol–water partition coefficient (Wildman–Crippen LogP) is 1.97. The molecule has 0 bridgehead atoms. The van der Waals surface area contributed by atoms with Gasteiger partial charge in [0.2, 0.25) is 0 Å². The van der Waals surface area contributed by atoms with E-state index >= 15 is 0 Å². The quantitative estimate of drug-likeness (QED) is 0.790. The Kier molecular flexibility index (Phi) is 5.32. The lowest BCUT2D eigenvalue weighted by molar-refractivity contribution is -0.109. The third-order valence-corrected chi connectivity index (χ3v) is 8.40. The van der Waals surface area contributed by atoms with Gasteiger partial charge in [-0.15, -0.1) is 11.3 Å². The summed E-state index contributed by atoms with van der Waals surface area (Å²) in [5, 5.41) is 0.863. The number of hydrogen-bond donors (Lipinski definition) is 0. The van der Waals surface area contributed by atoms with Crippen LogP contribution in [0.4, 0.5) is 0 Å².